The lowest BCUT2D eigenvalue weighted by molar-refractivity contribution is 0.305. The number of halogens is 1. The van der Waals surface area contributed by atoms with Crippen LogP contribution in [0.25, 0.3) is 5.69 Å². The van der Waals surface area contributed by atoms with Gasteiger partial charge in [-0.1, -0.05) is 50.3 Å². The Balaban J connectivity index is 1.43. The maximum absolute atomic E-state index is 14.6. The highest BCUT2D eigenvalue weighted by molar-refractivity contribution is 7.92. The average molecular weight is 472 g/mol. The van der Waals surface area contributed by atoms with Crippen molar-refractivity contribution in [2.75, 3.05) is 4.72 Å². The van der Waals surface area contributed by atoms with E-state index in [0.29, 0.717) is 18.3 Å². The Bertz CT molecular complexity index is 1160. The van der Waals surface area contributed by atoms with Gasteiger partial charge in [-0.25, -0.2) is 22.5 Å². The number of nitrogens with one attached hydrogen (secondary N) is 2. The zero-order valence-corrected chi connectivity index (χ0v) is 19.6. The van der Waals surface area contributed by atoms with Crippen LogP contribution >= 0.6 is 0 Å². The van der Waals surface area contributed by atoms with Gasteiger partial charge in [-0.15, -0.1) is 0 Å². The van der Waals surface area contributed by atoms with E-state index in [4.69, 9.17) is 0 Å². The minimum atomic E-state index is -3.97. The Labute approximate surface area is 194 Å². The van der Waals surface area contributed by atoms with Crippen LogP contribution in [0.5, 0.6) is 0 Å². The molecule has 1 heterocycles. The fourth-order valence-corrected chi connectivity index (χ4v) is 5.55. The number of hydrogen-bond donors (Lipinski definition) is 2. The normalized spacial score (nSPS) is 15.9. The SMILES string of the molecule is C[C@@H](CC1CCCCC1)NCc1ccccc1NS(=O)(=O)c1ccc(-n2cncn2)c(F)c1. The smallest absolute Gasteiger partial charge is 0.262 e. The number of benzene rings is 2. The molecule has 0 spiro atoms. The van der Waals surface area contributed by atoms with E-state index in [9.17, 15) is 12.8 Å². The molecule has 1 aliphatic rings. The van der Waals surface area contributed by atoms with Gasteiger partial charge >= 0.3 is 0 Å². The molecule has 0 unspecified atom stereocenters. The van der Waals surface area contributed by atoms with E-state index in [1.165, 1.54) is 61.6 Å². The van der Waals surface area contributed by atoms with Crippen molar-refractivity contribution in [1.29, 1.82) is 0 Å². The van der Waals surface area contributed by atoms with Gasteiger partial charge in [0, 0.05) is 12.6 Å². The first kappa shape index (κ1) is 23.4. The van der Waals surface area contributed by atoms with Gasteiger partial charge in [-0.3, -0.25) is 4.72 Å². The molecule has 1 aromatic heterocycles. The molecule has 0 amide bonds. The Hall–Kier alpha value is -2.78. The standard InChI is InChI=1S/C24H30FN5O2S/c1-18(13-19-7-3-2-4-8-19)27-15-20-9-5-6-10-23(20)29-33(31,32)21-11-12-24(22(25)14-21)30-17-26-16-28-30/h5-6,9-12,14,16-19,27,29H,2-4,7-8,13,15H2,1H3/t18-/m0/s1. The molecule has 0 aliphatic heterocycles. The lowest BCUT2D eigenvalue weighted by atomic mass is 9.85. The maximum Gasteiger partial charge on any atom is 0.262 e. The van der Waals surface area contributed by atoms with Crippen molar-refractivity contribution in [2.24, 2.45) is 5.92 Å². The minimum Gasteiger partial charge on any atom is -0.310 e. The summed E-state index contributed by atoms with van der Waals surface area (Å²) in [5, 5.41) is 7.42. The largest absolute Gasteiger partial charge is 0.310 e. The summed E-state index contributed by atoms with van der Waals surface area (Å²) < 4.78 is 44.4. The molecule has 176 valence electrons. The fraction of sp³-hybridized carbons (Fsp3) is 0.417. The highest BCUT2D eigenvalue weighted by Crippen LogP contribution is 2.28. The molecule has 1 fully saturated rings. The van der Waals surface area contributed by atoms with Crippen molar-refractivity contribution in [1.82, 2.24) is 20.1 Å². The molecule has 3 aromatic rings. The van der Waals surface area contributed by atoms with Crippen molar-refractivity contribution < 1.29 is 12.8 Å². The molecule has 0 bridgehead atoms. The summed E-state index contributed by atoms with van der Waals surface area (Å²) in [4.78, 5) is 3.63. The highest BCUT2D eigenvalue weighted by atomic mass is 32.2. The molecule has 9 heteroatoms. The van der Waals surface area contributed by atoms with Crippen molar-refractivity contribution in [3.63, 3.8) is 0 Å². The fourth-order valence-electron chi connectivity index (χ4n) is 4.44. The van der Waals surface area contributed by atoms with Gasteiger partial charge in [0.2, 0.25) is 0 Å². The van der Waals surface area contributed by atoms with Crippen LogP contribution in [-0.2, 0) is 16.6 Å². The van der Waals surface area contributed by atoms with E-state index in [0.717, 1.165) is 24.0 Å². The van der Waals surface area contributed by atoms with Gasteiger partial charge in [-0.2, -0.15) is 5.10 Å². The van der Waals surface area contributed by atoms with E-state index < -0.39 is 15.8 Å². The zero-order chi connectivity index (χ0) is 23.3. The lowest BCUT2D eigenvalue weighted by Crippen LogP contribution is -2.29. The second-order valence-corrected chi connectivity index (χ2v) is 10.4. The maximum atomic E-state index is 14.6. The van der Waals surface area contributed by atoms with Gasteiger partial charge in [0.15, 0.2) is 0 Å². The quantitative estimate of drug-likeness (QED) is 0.474. The van der Waals surface area contributed by atoms with Crippen molar-refractivity contribution in [3.8, 4) is 5.69 Å². The second kappa shape index (κ2) is 10.4. The van der Waals surface area contributed by atoms with Crippen molar-refractivity contribution in [2.45, 2.75) is 62.9 Å². The predicted molar refractivity (Wildman–Crippen MR) is 126 cm³/mol. The van der Waals surface area contributed by atoms with E-state index in [2.05, 4.69) is 27.0 Å². The predicted octanol–water partition coefficient (Wildman–Crippen LogP) is 4.66. The second-order valence-electron chi connectivity index (χ2n) is 8.74. The number of hydrogen-bond acceptors (Lipinski definition) is 5. The first-order chi connectivity index (χ1) is 15.9. The number of sulfonamides is 1. The molecule has 0 saturated heterocycles. The molecule has 4 rings (SSSR count). The summed E-state index contributed by atoms with van der Waals surface area (Å²) in [6.07, 6.45) is 10.4. The Kier molecular flexibility index (Phi) is 7.39. The van der Waals surface area contributed by atoms with Crippen LogP contribution in [0.3, 0.4) is 0 Å². The summed E-state index contributed by atoms with van der Waals surface area (Å²) in [6, 6.07) is 11.3. The summed E-state index contributed by atoms with van der Waals surface area (Å²) in [6.45, 7) is 2.73. The van der Waals surface area contributed by atoms with E-state index in [1.807, 2.05) is 12.1 Å². The van der Waals surface area contributed by atoms with E-state index >= 15 is 0 Å². The lowest BCUT2D eigenvalue weighted by Gasteiger charge is -2.25. The molecule has 1 saturated carbocycles. The molecular weight excluding hydrogens is 441 g/mol. The third-order valence-corrected chi connectivity index (χ3v) is 7.57. The topological polar surface area (TPSA) is 88.9 Å². The number of para-hydroxylation sites is 1. The Morgan fingerprint density at radius 1 is 1.15 bits per heavy atom. The highest BCUT2D eigenvalue weighted by Gasteiger charge is 2.20. The monoisotopic (exact) mass is 471 g/mol. The average Bonchev–Trinajstić information content (AvgIpc) is 3.33. The number of anilines is 1. The summed E-state index contributed by atoms with van der Waals surface area (Å²) in [5.74, 6) is 0.0697. The molecule has 1 aliphatic carbocycles. The van der Waals surface area contributed by atoms with Crippen LogP contribution in [0.15, 0.2) is 60.0 Å². The van der Waals surface area contributed by atoms with Gasteiger partial charge in [0.1, 0.15) is 24.2 Å². The van der Waals surface area contributed by atoms with E-state index in [1.54, 1.807) is 12.1 Å². The molecule has 7 nitrogen and oxygen atoms in total. The summed E-state index contributed by atoms with van der Waals surface area (Å²) in [5.41, 5.74) is 1.45. The van der Waals surface area contributed by atoms with Crippen molar-refractivity contribution in [3.05, 3.63) is 66.5 Å². The van der Waals surface area contributed by atoms with Crippen molar-refractivity contribution >= 4 is 15.7 Å². The van der Waals surface area contributed by atoms with Crippen LogP contribution in [0.1, 0.15) is 51.0 Å². The number of nitrogens with zero attached hydrogens (tertiary/aromatic N) is 3. The van der Waals surface area contributed by atoms with Gasteiger partial charge in [-0.05, 0) is 49.1 Å². The molecular formula is C24H30FN5O2S. The van der Waals surface area contributed by atoms with Crippen LogP contribution in [-0.4, -0.2) is 29.2 Å². The van der Waals surface area contributed by atoms with E-state index in [-0.39, 0.29) is 10.6 Å². The number of aromatic nitrogens is 3. The third-order valence-electron chi connectivity index (χ3n) is 6.21. The first-order valence-electron chi connectivity index (χ1n) is 11.4. The van der Waals surface area contributed by atoms with Crippen LogP contribution in [0.2, 0.25) is 0 Å². The zero-order valence-electron chi connectivity index (χ0n) is 18.7. The van der Waals surface area contributed by atoms with Crippen LogP contribution in [0, 0.1) is 11.7 Å². The minimum absolute atomic E-state index is 0.128. The summed E-state index contributed by atoms with van der Waals surface area (Å²) in [7, 11) is -3.97. The Morgan fingerprint density at radius 2 is 1.94 bits per heavy atom. The molecule has 33 heavy (non-hydrogen) atoms. The van der Waals surface area contributed by atoms with Crippen LogP contribution in [0.4, 0.5) is 10.1 Å². The third kappa shape index (κ3) is 5.97. The van der Waals surface area contributed by atoms with Gasteiger partial charge in [0.05, 0.1) is 10.6 Å². The number of rotatable bonds is 9. The van der Waals surface area contributed by atoms with Gasteiger partial charge in [0.25, 0.3) is 10.0 Å². The molecule has 0 radical (unpaired) electrons. The first-order valence-corrected chi connectivity index (χ1v) is 12.9. The summed E-state index contributed by atoms with van der Waals surface area (Å²) >= 11 is 0. The molecule has 2 N–H and O–H groups in total. The Morgan fingerprint density at radius 3 is 2.67 bits per heavy atom. The molecule has 1 atom stereocenters. The van der Waals surface area contributed by atoms with Gasteiger partial charge < -0.3 is 5.32 Å². The van der Waals surface area contributed by atoms with Crippen LogP contribution < -0.4 is 10.0 Å². The molecule has 2 aromatic carbocycles.